The lowest BCUT2D eigenvalue weighted by Crippen LogP contribution is -2.13. The van der Waals surface area contributed by atoms with Gasteiger partial charge in [-0.25, -0.2) is 0 Å². The number of carbonyl (C=O) groups excluding carboxylic acids is 1. The summed E-state index contributed by atoms with van der Waals surface area (Å²) in [4.78, 5) is 11.5. The molecule has 0 atom stereocenters. The van der Waals surface area contributed by atoms with Crippen molar-refractivity contribution in [2.75, 3.05) is 21.3 Å². The molecule has 0 unspecified atom stereocenters. The molecular weight excluding hydrogens is 348 g/mol. The van der Waals surface area contributed by atoms with Crippen molar-refractivity contribution >= 4 is 15.9 Å². The summed E-state index contributed by atoms with van der Waals surface area (Å²) in [5, 5.41) is 0. The van der Waals surface area contributed by atoms with E-state index in [2.05, 4.69) is 0 Å². The number of rotatable bonds is 7. The van der Waals surface area contributed by atoms with E-state index in [1.54, 1.807) is 12.1 Å². The Morgan fingerprint density at radius 1 is 0.840 bits per heavy atom. The van der Waals surface area contributed by atoms with Crippen LogP contribution in [0.2, 0.25) is 0 Å². The summed E-state index contributed by atoms with van der Waals surface area (Å²) in [5.41, 5.74) is 0.117. The van der Waals surface area contributed by atoms with E-state index in [4.69, 9.17) is 18.4 Å². The zero-order valence-corrected chi connectivity index (χ0v) is 15.0. The summed E-state index contributed by atoms with van der Waals surface area (Å²) in [6, 6.07) is 8.61. The average Bonchev–Trinajstić information content (AvgIpc) is 2.60. The van der Waals surface area contributed by atoms with E-state index >= 15 is 0 Å². The molecule has 25 heavy (non-hydrogen) atoms. The third-order valence-corrected chi connectivity index (χ3v) is 4.66. The van der Waals surface area contributed by atoms with Gasteiger partial charge in [0.15, 0.2) is 16.4 Å². The minimum atomic E-state index is -4.28. The van der Waals surface area contributed by atoms with Crippen LogP contribution in [0.4, 0.5) is 0 Å². The van der Waals surface area contributed by atoms with Gasteiger partial charge in [-0.2, -0.15) is 8.42 Å². The number of ketones is 1. The molecule has 2 aromatic carbocycles. The summed E-state index contributed by atoms with van der Waals surface area (Å²) in [6.45, 7) is 1.31. The standard InChI is InChI=1S/C17H18O7S/c1-11(18)14-7-5-12(21-2)9-16(14)24-25(19,20)17-10-13(22-3)6-8-15(17)23-4/h5-10H,1-4H3. The first-order valence-electron chi connectivity index (χ1n) is 7.18. The lowest BCUT2D eigenvalue weighted by atomic mass is 10.1. The summed E-state index contributed by atoms with van der Waals surface area (Å²) >= 11 is 0. The van der Waals surface area contributed by atoms with Crippen LogP contribution in [0.15, 0.2) is 41.3 Å². The molecule has 0 spiro atoms. The van der Waals surface area contributed by atoms with E-state index in [1.807, 2.05) is 0 Å². The summed E-state index contributed by atoms with van der Waals surface area (Å²) in [6.07, 6.45) is 0. The van der Waals surface area contributed by atoms with Crippen molar-refractivity contribution in [3.05, 3.63) is 42.0 Å². The normalized spacial score (nSPS) is 10.9. The van der Waals surface area contributed by atoms with Gasteiger partial charge in [-0.3, -0.25) is 4.79 Å². The quantitative estimate of drug-likeness (QED) is 0.550. The van der Waals surface area contributed by atoms with E-state index in [0.717, 1.165) is 0 Å². The molecule has 0 aliphatic rings. The van der Waals surface area contributed by atoms with Gasteiger partial charge < -0.3 is 18.4 Å². The molecule has 0 aromatic heterocycles. The number of ether oxygens (including phenoxy) is 3. The monoisotopic (exact) mass is 366 g/mol. The second kappa shape index (κ2) is 7.43. The molecule has 0 radical (unpaired) electrons. The second-order valence-corrected chi connectivity index (χ2v) is 6.49. The Labute approximate surface area is 146 Å². The number of methoxy groups -OCH3 is 3. The van der Waals surface area contributed by atoms with Gasteiger partial charge in [0, 0.05) is 12.1 Å². The van der Waals surface area contributed by atoms with Crippen molar-refractivity contribution in [1.82, 2.24) is 0 Å². The van der Waals surface area contributed by atoms with Crippen molar-refractivity contribution < 1.29 is 31.6 Å². The van der Waals surface area contributed by atoms with Gasteiger partial charge in [-0.05, 0) is 31.2 Å². The predicted octanol–water partition coefficient (Wildman–Crippen LogP) is 2.68. The Morgan fingerprint density at radius 2 is 1.44 bits per heavy atom. The average molecular weight is 366 g/mol. The predicted molar refractivity (Wildman–Crippen MR) is 90.4 cm³/mol. The molecule has 2 aromatic rings. The van der Waals surface area contributed by atoms with Gasteiger partial charge in [0.1, 0.15) is 17.2 Å². The second-order valence-electron chi connectivity index (χ2n) is 4.97. The summed E-state index contributed by atoms with van der Waals surface area (Å²) in [5.74, 6) is 0.295. The topological polar surface area (TPSA) is 88.1 Å². The van der Waals surface area contributed by atoms with Crippen LogP contribution in [0.5, 0.6) is 23.0 Å². The maximum atomic E-state index is 12.7. The van der Waals surface area contributed by atoms with Crippen molar-refractivity contribution in [2.24, 2.45) is 0 Å². The number of benzene rings is 2. The number of hydrogen-bond acceptors (Lipinski definition) is 7. The summed E-state index contributed by atoms with van der Waals surface area (Å²) < 4.78 is 45.8. The third-order valence-electron chi connectivity index (χ3n) is 3.41. The maximum absolute atomic E-state index is 12.7. The smallest absolute Gasteiger partial charge is 0.343 e. The molecule has 134 valence electrons. The van der Waals surface area contributed by atoms with Gasteiger partial charge in [-0.1, -0.05) is 0 Å². The number of carbonyl (C=O) groups is 1. The van der Waals surface area contributed by atoms with Gasteiger partial charge in [0.05, 0.1) is 26.9 Å². The molecule has 0 saturated carbocycles. The minimum Gasteiger partial charge on any atom is -0.497 e. The van der Waals surface area contributed by atoms with E-state index in [9.17, 15) is 13.2 Å². The minimum absolute atomic E-state index is 0.0908. The molecule has 0 aliphatic heterocycles. The van der Waals surface area contributed by atoms with Crippen LogP contribution in [0.25, 0.3) is 0 Å². The van der Waals surface area contributed by atoms with Crippen LogP contribution in [0.3, 0.4) is 0 Å². The largest absolute Gasteiger partial charge is 0.497 e. The van der Waals surface area contributed by atoms with Crippen molar-refractivity contribution in [3.8, 4) is 23.0 Å². The lowest BCUT2D eigenvalue weighted by Gasteiger charge is -2.14. The van der Waals surface area contributed by atoms with E-state index in [-0.39, 0.29) is 27.7 Å². The fraction of sp³-hybridized carbons (Fsp3) is 0.235. The Morgan fingerprint density at radius 3 is 2.00 bits per heavy atom. The fourth-order valence-electron chi connectivity index (χ4n) is 2.13. The molecule has 0 bridgehead atoms. The fourth-order valence-corrected chi connectivity index (χ4v) is 3.25. The Balaban J connectivity index is 2.54. The zero-order chi connectivity index (χ0) is 18.6. The Hall–Kier alpha value is -2.74. The highest BCUT2D eigenvalue weighted by atomic mass is 32.2. The molecule has 2 rings (SSSR count). The van der Waals surface area contributed by atoms with E-state index < -0.39 is 10.1 Å². The first kappa shape index (κ1) is 18.6. The highest BCUT2D eigenvalue weighted by molar-refractivity contribution is 7.87. The Bertz CT molecular complexity index is 888. The van der Waals surface area contributed by atoms with Gasteiger partial charge >= 0.3 is 10.1 Å². The van der Waals surface area contributed by atoms with Crippen LogP contribution < -0.4 is 18.4 Å². The molecule has 0 N–H and O–H groups in total. The van der Waals surface area contributed by atoms with Gasteiger partial charge in [0.25, 0.3) is 0 Å². The van der Waals surface area contributed by atoms with E-state index in [1.165, 1.54) is 52.5 Å². The van der Waals surface area contributed by atoms with Crippen molar-refractivity contribution in [3.63, 3.8) is 0 Å². The lowest BCUT2D eigenvalue weighted by molar-refractivity contribution is 0.101. The van der Waals surface area contributed by atoms with Crippen LogP contribution in [0.1, 0.15) is 17.3 Å². The summed E-state index contributed by atoms with van der Waals surface area (Å²) in [7, 11) is -0.107. The first-order chi connectivity index (χ1) is 11.8. The van der Waals surface area contributed by atoms with Gasteiger partial charge in [-0.15, -0.1) is 0 Å². The number of hydrogen-bond donors (Lipinski definition) is 0. The SMILES string of the molecule is COc1ccc(C(C)=O)c(OS(=O)(=O)c2cc(OC)ccc2OC)c1. The molecule has 8 heteroatoms. The molecule has 7 nitrogen and oxygen atoms in total. The highest BCUT2D eigenvalue weighted by Gasteiger charge is 2.25. The van der Waals surface area contributed by atoms with Crippen LogP contribution in [-0.2, 0) is 10.1 Å². The number of Topliss-reactive ketones (excluding diaryl/α,β-unsaturated/α-hetero) is 1. The van der Waals surface area contributed by atoms with Crippen molar-refractivity contribution in [2.45, 2.75) is 11.8 Å². The molecule has 0 aliphatic carbocycles. The maximum Gasteiger partial charge on any atom is 0.343 e. The highest BCUT2D eigenvalue weighted by Crippen LogP contribution is 2.33. The van der Waals surface area contributed by atoms with Gasteiger partial charge in [0.2, 0.25) is 0 Å². The molecule has 0 amide bonds. The van der Waals surface area contributed by atoms with Crippen LogP contribution in [0, 0.1) is 0 Å². The van der Waals surface area contributed by atoms with Crippen LogP contribution in [-0.4, -0.2) is 35.5 Å². The van der Waals surface area contributed by atoms with E-state index in [0.29, 0.717) is 11.5 Å². The molecule has 0 fully saturated rings. The zero-order valence-electron chi connectivity index (χ0n) is 14.2. The molecule has 0 heterocycles. The third kappa shape index (κ3) is 4.03. The molecule has 0 saturated heterocycles. The molecular formula is C17H18O7S. The first-order valence-corrected chi connectivity index (χ1v) is 8.58. The Kier molecular flexibility index (Phi) is 5.53. The van der Waals surface area contributed by atoms with Crippen molar-refractivity contribution in [1.29, 1.82) is 0 Å². The van der Waals surface area contributed by atoms with Crippen LogP contribution >= 0.6 is 0 Å².